The largest absolute Gasteiger partial charge is 0.480 e. The predicted octanol–water partition coefficient (Wildman–Crippen LogP) is 5.58. The summed E-state index contributed by atoms with van der Waals surface area (Å²) in [5.74, 6) is 5.34. The molecule has 0 spiro atoms. The maximum atomic E-state index is 14.7. The van der Waals surface area contributed by atoms with Gasteiger partial charge in [0.25, 0.3) is 0 Å². The second-order valence-electron chi connectivity index (χ2n) is 9.83. The molecular formula is C27H31F4N4O2PS. The van der Waals surface area contributed by atoms with Gasteiger partial charge in [-0.1, -0.05) is 24.0 Å². The van der Waals surface area contributed by atoms with Crippen LogP contribution in [0.3, 0.4) is 0 Å². The lowest BCUT2D eigenvalue weighted by atomic mass is 10.0. The van der Waals surface area contributed by atoms with Crippen LogP contribution in [0, 0.1) is 11.8 Å². The molecule has 0 amide bonds. The molecule has 2 N–H and O–H groups in total. The van der Waals surface area contributed by atoms with Crippen molar-refractivity contribution in [3.05, 3.63) is 40.8 Å². The zero-order chi connectivity index (χ0) is 30.9. The summed E-state index contributed by atoms with van der Waals surface area (Å²) in [5, 5.41) is 6.49. The first-order chi connectivity index (χ1) is 19.5. The van der Waals surface area contributed by atoms with E-state index in [2.05, 4.69) is 27.5 Å². The van der Waals surface area contributed by atoms with E-state index in [-0.39, 0.29) is 40.5 Å². The number of alkyl halides is 4. The number of fused-ring (bicyclic) bond motifs is 1. The SMILES string of the molecule is [2H]C([2H])([2H])Oc1nc(P(C)(C)=O)ccc1NCC#Cc1sc2c(N[C@@H]3CCN(C)C[C@@H]3F)cccc2c1CC(F)(F)F. The van der Waals surface area contributed by atoms with E-state index in [4.69, 9.17) is 8.85 Å². The Hall–Kier alpha value is -2.80. The number of piperidine rings is 1. The normalized spacial score (nSPS) is 19.9. The van der Waals surface area contributed by atoms with Gasteiger partial charge in [-0.2, -0.15) is 13.2 Å². The van der Waals surface area contributed by atoms with Crippen molar-refractivity contribution < 1.29 is 31.0 Å². The number of nitrogens with one attached hydrogen (secondary N) is 2. The molecule has 0 saturated carbocycles. The average Bonchev–Trinajstić information content (AvgIpc) is 3.19. The Bertz CT molecular complexity index is 1550. The third-order valence-corrected chi connectivity index (χ3v) is 8.89. The quantitative estimate of drug-likeness (QED) is 0.215. The van der Waals surface area contributed by atoms with Gasteiger partial charge in [-0.3, -0.25) is 0 Å². The standard InChI is InChI=1S/C27H31F4N4O2PS/c1-35-14-12-20(19(28)16-35)33-21-8-5-7-17-18(15-27(29,30)31)23(39-25(17)21)9-6-13-32-22-10-11-24(38(3,4)36)34-26(22)37-2/h5,7-8,10-11,19-20,32-33H,12-16H2,1-4H3/t19-,20+/m0/s1/i2D3. The van der Waals surface area contributed by atoms with Crippen LogP contribution in [0.1, 0.15) is 21.0 Å². The molecule has 1 fully saturated rings. The van der Waals surface area contributed by atoms with E-state index in [0.717, 1.165) is 11.3 Å². The predicted molar refractivity (Wildman–Crippen MR) is 151 cm³/mol. The number of methoxy groups -OCH3 is 1. The summed E-state index contributed by atoms with van der Waals surface area (Å²) < 4.78 is 95.7. The topological polar surface area (TPSA) is 66.5 Å². The number of pyridine rings is 1. The van der Waals surface area contributed by atoms with Crippen molar-refractivity contribution in [2.45, 2.75) is 31.2 Å². The van der Waals surface area contributed by atoms with Gasteiger partial charge in [-0.25, -0.2) is 9.37 Å². The number of nitrogens with zero attached hydrogens (tertiary/aromatic N) is 2. The molecule has 6 nitrogen and oxygen atoms in total. The summed E-state index contributed by atoms with van der Waals surface area (Å²) in [5.41, 5.74) is 0.961. The Morgan fingerprint density at radius 1 is 1.28 bits per heavy atom. The summed E-state index contributed by atoms with van der Waals surface area (Å²) in [6.45, 7) is 3.88. The van der Waals surface area contributed by atoms with Gasteiger partial charge in [-0.05, 0) is 55.9 Å². The Labute approximate surface area is 233 Å². The monoisotopic (exact) mass is 585 g/mol. The number of aromatic nitrogens is 1. The Morgan fingerprint density at radius 3 is 2.77 bits per heavy atom. The number of likely N-dealkylation sites (tertiary alicyclic amines) is 1. The lowest BCUT2D eigenvalue weighted by Crippen LogP contribution is -2.46. The number of hydrogen-bond acceptors (Lipinski definition) is 7. The average molecular weight is 586 g/mol. The minimum atomic E-state index is -4.48. The molecule has 1 aliphatic rings. The van der Waals surface area contributed by atoms with E-state index < -0.39 is 39.0 Å². The van der Waals surface area contributed by atoms with E-state index in [1.165, 1.54) is 25.5 Å². The number of rotatable bonds is 7. The molecule has 4 rings (SSSR count). The van der Waals surface area contributed by atoms with Crippen molar-refractivity contribution in [2.24, 2.45) is 0 Å². The molecular weight excluding hydrogens is 551 g/mol. The Balaban J connectivity index is 1.62. The van der Waals surface area contributed by atoms with Crippen molar-refractivity contribution >= 4 is 45.4 Å². The van der Waals surface area contributed by atoms with Crippen LogP contribution >= 0.6 is 18.5 Å². The van der Waals surface area contributed by atoms with Crippen molar-refractivity contribution in [3.8, 4) is 17.7 Å². The van der Waals surface area contributed by atoms with Crippen LogP contribution in [0.2, 0.25) is 0 Å². The maximum absolute atomic E-state index is 14.7. The van der Waals surface area contributed by atoms with Gasteiger partial charge < -0.3 is 24.8 Å². The van der Waals surface area contributed by atoms with Gasteiger partial charge in [0.15, 0.2) is 0 Å². The highest BCUT2D eigenvalue weighted by atomic mass is 32.1. The molecule has 0 unspecified atom stereocenters. The second kappa shape index (κ2) is 11.7. The summed E-state index contributed by atoms with van der Waals surface area (Å²) in [6.07, 6.45) is -6.21. The van der Waals surface area contributed by atoms with Gasteiger partial charge in [0.05, 0.1) is 51.1 Å². The molecule has 1 saturated heterocycles. The first-order valence-electron chi connectivity index (χ1n) is 13.7. The van der Waals surface area contributed by atoms with E-state index in [1.54, 1.807) is 18.2 Å². The van der Waals surface area contributed by atoms with Crippen LogP contribution in [0.5, 0.6) is 5.88 Å². The minimum Gasteiger partial charge on any atom is -0.480 e. The smallest absolute Gasteiger partial charge is 0.393 e. The molecule has 210 valence electrons. The number of hydrogen-bond donors (Lipinski definition) is 2. The lowest BCUT2D eigenvalue weighted by Gasteiger charge is -2.33. The molecule has 2 atom stereocenters. The molecule has 3 aromatic rings. The molecule has 0 bridgehead atoms. The Kier molecular flexibility index (Phi) is 7.59. The van der Waals surface area contributed by atoms with E-state index in [1.807, 2.05) is 11.9 Å². The highest BCUT2D eigenvalue weighted by Crippen LogP contribution is 2.40. The number of ether oxygens (including phenoxy) is 1. The highest BCUT2D eigenvalue weighted by Gasteiger charge is 2.32. The molecule has 39 heavy (non-hydrogen) atoms. The van der Waals surface area contributed by atoms with Gasteiger partial charge in [0, 0.05) is 13.1 Å². The third-order valence-electron chi connectivity index (χ3n) is 6.34. The fourth-order valence-electron chi connectivity index (χ4n) is 4.39. The zero-order valence-corrected chi connectivity index (χ0v) is 23.4. The molecule has 1 aliphatic heterocycles. The molecule has 1 aromatic carbocycles. The van der Waals surface area contributed by atoms with Crippen molar-refractivity contribution in [2.75, 3.05) is 57.7 Å². The van der Waals surface area contributed by atoms with Gasteiger partial charge in [0.1, 0.15) is 18.7 Å². The Morgan fingerprint density at radius 2 is 2.08 bits per heavy atom. The zero-order valence-electron chi connectivity index (χ0n) is 24.7. The summed E-state index contributed by atoms with van der Waals surface area (Å²) in [7, 11) is -3.79. The fourth-order valence-corrected chi connectivity index (χ4v) is 6.32. The second-order valence-corrected chi connectivity index (χ2v) is 14.0. The maximum Gasteiger partial charge on any atom is 0.393 e. The van der Waals surface area contributed by atoms with E-state index in [0.29, 0.717) is 28.7 Å². The lowest BCUT2D eigenvalue weighted by molar-refractivity contribution is -0.126. The first kappa shape index (κ1) is 25.2. The molecule has 0 aliphatic carbocycles. The van der Waals surface area contributed by atoms with Crippen molar-refractivity contribution in [3.63, 3.8) is 0 Å². The van der Waals surface area contributed by atoms with Gasteiger partial charge >= 0.3 is 6.18 Å². The van der Waals surface area contributed by atoms with Crippen LogP contribution in [-0.4, -0.2) is 75.3 Å². The van der Waals surface area contributed by atoms with Crippen molar-refractivity contribution in [1.29, 1.82) is 0 Å². The number of anilines is 2. The van der Waals surface area contributed by atoms with Crippen LogP contribution in [0.25, 0.3) is 10.1 Å². The van der Waals surface area contributed by atoms with E-state index >= 15 is 0 Å². The molecule has 2 aromatic heterocycles. The summed E-state index contributed by atoms with van der Waals surface area (Å²) in [4.78, 5) is 6.22. The van der Waals surface area contributed by atoms with Gasteiger partial charge in [0.2, 0.25) is 5.88 Å². The first-order valence-corrected chi connectivity index (χ1v) is 15.6. The van der Waals surface area contributed by atoms with E-state index in [9.17, 15) is 22.1 Å². The third kappa shape index (κ3) is 7.24. The van der Waals surface area contributed by atoms with Crippen LogP contribution in [-0.2, 0) is 11.0 Å². The summed E-state index contributed by atoms with van der Waals surface area (Å²) in [6, 6.07) is 7.48. The fraction of sp³-hybridized carbons (Fsp3) is 0.444. The number of thiophene rings is 1. The van der Waals surface area contributed by atoms with Crippen LogP contribution in [0.4, 0.5) is 28.9 Å². The minimum absolute atomic E-state index is 0.0397. The van der Waals surface area contributed by atoms with Gasteiger partial charge in [-0.15, -0.1) is 11.3 Å². The highest BCUT2D eigenvalue weighted by molar-refractivity contribution is 7.69. The van der Waals surface area contributed by atoms with Crippen molar-refractivity contribution in [1.82, 2.24) is 9.88 Å². The number of benzene rings is 1. The molecule has 0 radical (unpaired) electrons. The molecule has 12 heteroatoms. The number of halogens is 4. The summed E-state index contributed by atoms with van der Waals surface area (Å²) >= 11 is 1.10. The van der Waals surface area contributed by atoms with Crippen LogP contribution < -0.4 is 20.8 Å². The molecule has 3 heterocycles. The van der Waals surface area contributed by atoms with Crippen LogP contribution in [0.15, 0.2) is 30.3 Å².